The van der Waals surface area contributed by atoms with Crippen molar-refractivity contribution in [3.05, 3.63) is 17.5 Å². The van der Waals surface area contributed by atoms with Gasteiger partial charge in [-0.3, -0.25) is 10.1 Å². The molecule has 2 aliphatic heterocycles. The predicted molar refractivity (Wildman–Crippen MR) is 93.0 cm³/mol. The molecule has 21 heavy (non-hydrogen) atoms. The first kappa shape index (κ1) is 16.5. The van der Waals surface area contributed by atoms with Gasteiger partial charge in [0, 0.05) is 50.0 Å². The number of nitrogens with one attached hydrogen (secondary N) is 2. The predicted octanol–water partition coefficient (Wildman–Crippen LogP) is 1.52. The fraction of sp³-hybridized carbons (Fsp3) is 0.714. The Hall–Kier alpha value is -0.830. The first-order chi connectivity index (χ1) is 9.72. The Bertz CT molecular complexity index is 495. The van der Waals surface area contributed by atoms with Gasteiger partial charge in [-0.15, -0.1) is 24.0 Å². The summed E-state index contributed by atoms with van der Waals surface area (Å²) in [6.07, 6.45) is 4.26. The molecule has 118 valence electrons. The molecule has 2 fully saturated rings. The van der Waals surface area contributed by atoms with Crippen LogP contribution in [0.4, 0.5) is 0 Å². The summed E-state index contributed by atoms with van der Waals surface area (Å²) in [5.74, 6) is 0.981. The number of H-pyrrole nitrogens is 1. The molecule has 0 bridgehead atoms. The summed E-state index contributed by atoms with van der Waals surface area (Å²) in [5.41, 5.74) is 2.66. The molecule has 6 nitrogen and oxygen atoms in total. The van der Waals surface area contributed by atoms with E-state index in [0.29, 0.717) is 5.41 Å². The van der Waals surface area contributed by atoms with Crippen molar-refractivity contribution in [2.75, 3.05) is 33.4 Å². The van der Waals surface area contributed by atoms with Crippen LogP contribution in [0.3, 0.4) is 0 Å². The van der Waals surface area contributed by atoms with Crippen LogP contribution in [0.5, 0.6) is 0 Å². The van der Waals surface area contributed by atoms with Crippen molar-refractivity contribution in [3.63, 3.8) is 0 Å². The molecule has 1 unspecified atom stereocenters. The van der Waals surface area contributed by atoms with Crippen LogP contribution in [0.15, 0.2) is 11.2 Å². The third kappa shape index (κ3) is 3.50. The van der Waals surface area contributed by atoms with Crippen molar-refractivity contribution in [2.24, 2.45) is 10.4 Å². The van der Waals surface area contributed by atoms with E-state index in [2.05, 4.69) is 25.4 Å². The number of aliphatic imine (C=N–C) groups is 1. The summed E-state index contributed by atoms with van der Waals surface area (Å²) in [7, 11) is 1.85. The molecular formula is C14H24IN5O. The second-order valence-electron chi connectivity index (χ2n) is 5.90. The number of ether oxygens (including phenoxy) is 1. The maximum Gasteiger partial charge on any atom is 0.193 e. The van der Waals surface area contributed by atoms with Crippen molar-refractivity contribution in [2.45, 2.75) is 26.3 Å². The van der Waals surface area contributed by atoms with Crippen LogP contribution in [-0.2, 0) is 11.3 Å². The second-order valence-corrected chi connectivity index (χ2v) is 5.90. The van der Waals surface area contributed by atoms with Crippen molar-refractivity contribution in [1.29, 1.82) is 0 Å². The molecule has 3 rings (SSSR count). The van der Waals surface area contributed by atoms with E-state index in [-0.39, 0.29) is 24.0 Å². The highest BCUT2D eigenvalue weighted by molar-refractivity contribution is 14.0. The van der Waals surface area contributed by atoms with Gasteiger partial charge in [-0.05, 0) is 19.8 Å². The quantitative estimate of drug-likeness (QED) is 0.445. The number of hydrogen-bond acceptors (Lipinski definition) is 3. The third-order valence-electron chi connectivity index (χ3n) is 4.51. The lowest BCUT2D eigenvalue weighted by molar-refractivity contribution is 0.156. The SMILES string of the molecule is CN=C(NCc1cn[nH]c1C)N1CCC2(CCOC2)C1.I. The molecular weight excluding hydrogens is 381 g/mol. The molecule has 1 aromatic heterocycles. The van der Waals surface area contributed by atoms with Crippen LogP contribution in [0.25, 0.3) is 0 Å². The Morgan fingerprint density at radius 2 is 2.43 bits per heavy atom. The highest BCUT2D eigenvalue weighted by atomic mass is 127. The smallest absolute Gasteiger partial charge is 0.193 e. The molecule has 1 aromatic rings. The lowest BCUT2D eigenvalue weighted by Gasteiger charge is -2.24. The summed E-state index contributed by atoms with van der Waals surface area (Å²) >= 11 is 0. The van der Waals surface area contributed by atoms with Crippen molar-refractivity contribution in [3.8, 4) is 0 Å². The first-order valence-corrected chi connectivity index (χ1v) is 7.25. The van der Waals surface area contributed by atoms with E-state index < -0.39 is 0 Å². The fourth-order valence-corrected chi connectivity index (χ4v) is 3.15. The summed E-state index contributed by atoms with van der Waals surface area (Å²) in [6, 6.07) is 0. The van der Waals surface area contributed by atoms with Crippen LogP contribution in [0.2, 0.25) is 0 Å². The Labute approximate surface area is 142 Å². The number of aryl methyl sites for hydroxylation is 1. The number of aromatic amines is 1. The monoisotopic (exact) mass is 405 g/mol. The van der Waals surface area contributed by atoms with E-state index in [1.54, 1.807) is 0 Å². The number of rotatable bonds is 2. The molecule has 0 aliphatic carbocycles. The van der Waals surface area contributed by atoms with Gasteiger partial charge in [0.05, 0.1) is 12.8 Å². The topological polar surface area (TPSA) is 65.5 Å². The lowest BCUT2D eigenvalue weighted by Crippen LogP contribution is -2.41. The van der Waals surface area contributed by atoms with E-state index in [0.717, 1.165) is 44.5 Å². The number of guanidine groups is 1. The van der Waals surface area contributed by atoms with Crippen LogP contribution in [0.1, 0.15) is 24.1 Å². The molecule has 0 amide bonds. The number of aromatic nitrogens is 2. The Kier molecular flexibility index (Phi) is 5.48. The summed E-state index contributed by atoms with van der Waals surface area (Å²) in [4.78, 5) is 6.77. The molecule has 0 aromatic carbocycles. The van der Waals surface area contributed by atoms with Crippen LogP contribution in [0, 0.1) is 12.3 Å². The molecule has 2 saturated heterocycles. The van der Waals surface area contributed by atoms with Crippen molar-refractivity contribution in [1.82, 2.24) is 20.4 Å². The molecule has 7 heteroatoms. The number of hydrogen-bond donors (Lipinski definition) is 2. The van der Waals surface area contributed by atoms with Gasteiger partial charge in [-0.25, -0.2) is 0 Å². The van der Waals surface area contributed by atoms with Gasteiger partial charge in [0.25, 0.3) is 0 Å². The average molecular weight is 405 g/mol. The van der Waals surface area contributed by atoms with E-state index in [1.807, 2.05) is 20.2 Å². The maximum absolute atomic E-state index is 5.58. The Morgan fingerprint density at radius 1 is 1.57 bits per heavy atom. The Morgan fingerprint density at radius 3 is 3.05 bits per heavy atom. The number of halogens is 1. The minimum atomic E-state index is 0. The first-order valence-electron chi connectivity index (χ1n) is 7.25. The van der Waals surface area contributed by atoms with Crippen molar-refractivity contribution >= 4 is 29.9 Å². The second kappa shape index (κ2) is 6.95. The maximum atomic E-state index is 5.58. The average Bonchev–Trinajstić information content (AvgIpc) is 3.16. The molecule has 3 heterocycles. The van der Waals surface area contributed by atoms with Crippen LogP contribution < -0.4 is 5.32 Å². The summed E-state index contributed by atoms with van der Waals surface area (Å²) in [5, 5.41) is 10.4. The molecule has 0 saturated carbocycles. The largest absolute Gasteiger partial charge is 0.381 e. The van der Waals surface area contributed by atoms with E-state index in [1.165, 1.54) is 18.4 Å². The van der Waals surface area contributed by atoms with E-state index >= 15 is 0 Å². The lowest BCUT2D eigenvalue weighted by atomic mass is 9.87. The normalized spacial score (nSPS) is 25.4. The van der Waals surface area contributed by atoms with Gasteiger partial charge in [0.1, 0.15) is 0 Å². The van der Waals surface area contributed by atoms with Gasteiger partial charge >= 0.3 is 0 Å². The standard InChI is InChI=1S/C14H23N5O.HI/c1-11-12(8-17-18-11)7-16-13(15-2)19-5-3-14(9-19)4-6-20-10-14;/h8H,3-7,9-10H2,1-2H3,(H,15,16)(H,17,18);1H. The molecule has 2 N–H and O–H groups in total. The zero-order valence-electron chi connectivity index (χ0n) is 12.7. The van der Waals surface area contributed by atoms with Gasteiger partial charge in [0.2, 0.25) is 0 Å². The van der Waals surface area contributed by atoms with E-state index in [9.17, 15) is 0 Å². The minimum Gasteiger partial charge on any atom is -0.381 e. The van der Waals surface area contributed by atoms with Gasteiger partial charge < -0.3 is 15.0 Å². The summed E-state index contributed by atoms with van der Waals surface area (Å²) < 4.78 is 5.58. The molecule has 1 spiro atoms. The zero-order valence-corrected chi connectivity index (χ0v) is 15.0. The molecule has 2 aliphatic rings. The molecule has 0 radical (unpaired) electrons. The number of likely N-dealkylation sites (tertiary alicyclic amines) is 1. The van der Waals surface area contributed by atoms with E-state index in [4.69, 9.17) is 4.74 Å². The van der Waals surface area contributed by atoms with Gasteiger partial charge in [-0.1, -0.05) is 0 Å². The van der Waals surface area contributed by atoms with Crippen molar-refractivity contribution < 1.29 is 4.74 Å². The fourth-order valence-electron chi connectivity index (χ4n) is 3.15. The molecule has 1 atom stereocenters. The number of nitrogens with zero attached hydrogens (tertiary/aromatic N) is 3. The summed E-state index contributed by atoms with van der Waals surface area (Å²) in [6.45, 7) is 6.72. The van der Waals surface area contributed by atoms with Gasteiger partial charge in [-0.2, -0.15) is 5.10 Å². The van der Waals surface area contributed by atoms with Crippen LogP contribution >= 0.6 is 24.0 Å². The highest BCUT2D eigenvalue weighted by Gasteiger charge is 2.42. The highest BCUT2D eigenvalue weighted by Crippen LogP contribution is 2.38. The Balaban J connectivity index is 0.00000161. The van der Waals surface area contributed by atoms with Crippen LogP contribution in [-0.4, -0.2) is 54.4 Å². The van der Waals surface area contributed by atoms with Gasteiger partial charge in [0.15, 0.2) is 5.96 Å². The minimum absolute atomic E-state index is 0. The zero-order chi connectivity index (χ0) is 14.0. The third-order valence-corrected chi connectivity index (χ3v) is 4.51.